The second kappa shape index (κ2) is 5.63. The summed E-state index contributed by atoms with van der Waals surface area (Å²) < 4.78 is 5.49. The third-order valence-electron chi connectivity index (χ3n) is 3.96. The van der Waals surface area contributed by atoms with E-state index in [0.717, 1.165) is 17.7 Å². The van der Waals surface area contributed by atoms with Gasteiger partial charge in [-0.1, -0.05) is 30.3 Å². The quantitative estimate of drug-likeness (QED) is 0.905. The van der Waals surface area contributed by atoms with Gasteiger partial charge in [0.05, 0.1) is 12.8 Å². The monoisotopic (exact) mass is 268 g/mol. The number of hydrogen-bond acceptors (Lipinski definition) is 3. The number of pyridine rings is 1. The van der Waals surface area contributed by atoms with Gasteiger partial charge >= 0.3 is 0 Å². The van der Waals surface area contributed by atoms with Crippen LogP contribution in [0.5, 0.6) is 5.75 Å². The molecule has 20 heavy (non-hydrogen) atoms. The van der Waals surface area contributed by atoms with Crippen molar-refractivity contribution in [3.8, 4) is 5.75 Å². The van der Waals surface area contributed by atoms with Gasteiger partial charge in [-0.2, -0.15) is 0 Å². The Kier molecular flexibility index (Phi) is 3.70. The lowest BCUT2D eigenvalue weighted by Gasteiger charge is -2.13. The van der Waals surface area contributed by atoms with Crippen LogP contribution < -0.4 is 10.5 Å². The van der Waals surface area contributed by atoms with Crippen LogP contribution in [-0.2, 0) is 0 Å². The minimum absolute atomic E-state index is 0.0353. The summed E-state index contributed by atoms with van der Waals surface area (Å²) in [5, 5.41) is 0. The summed E-state index contributed by atoms with van der Waals surface area (Å²) >= 11 is 0. The van der Waals surface area contributed by atoms with Crippen molar-refractivity contribution >= 4 is 0 Å². The van der Waals surface area contributed by atoms with Crippen molar-refractivity contribution in [1.82, 2.24) is 4.98 Å². The molecule has 0 bridgehead atoms. The van der Waals surface area contributed by atoms with Gasteiger partial charge in [0.1, 0.15) is 5.75 Å². The Labute approximate surface area is 119 Å². The second-order valence-electron chi connectivity index (χ2n) is 5.33. The van der Waals surface area contributed by atoms with Crippen molar-refractivity contribution in [3.63, 3.8) is 0 Å². The fraction of sp³-hybridized carbons (Fsp3) is 0.353. The van der Waals surface area contributed by atoms with Gasteiger partial charge in [0.25, 0.3) is 0 Å². The maximum Gasteiger partial charge on any atom is 0.137 e. The number of hydrogen-bond donors (Lipinski definition) is 1. The molecule has 1 aromatic carbocycles. The summed E-state index contributed by atoms with van der Waals surface area (Å²) in [5.74, 6) is 1.90. The maximum atomic E-state index is 6.40. The number of ether oxygens (including phenoxy) is 1. The molecule has 0 saturated heterocycles. The second-order valence-corrected chi connectivity index (χ2v) is 5.33. The number of benzene rings is 1. The zero-order valence-electron chi connectivity index (χ0n) is 11.7. The van der Waals surface area contributed by atoms with Crippen molar-refractivity contribution in [3.05, 3.63) is 59.9 Å². The van der Waals surface area contributed by atoms with Crippen LogP contribution in [0, 0.1) is 5.92 Å². The van der Waals surface area contributed by atoms with Gasteiger partial charge in [-0.15, -0.1) is 0 Å². The van der Waals surface area contributed by atoms with Crippen LogP contribution in [0.1, 0.15) is 36.4 Å². The highest BCUT2D eigenvalue weighted by molar-refractivity contribution is 5.32. The topological polar surface area (TPSA) is 48.1 Å². The molecule has 1 aromatic heterocycles. The molecule has 1 saturated carbocycles. The number of nitrogens with zero attached hydrogens (tertiary/aromatic N) is 1. The van der Waals surface area contributed by atoms with E-state index in [1.807, 2.05) is 19.2 Å². The van der Waals surface area contributed by atoms with Gasteiger partial charge in [-0.25, -0.2) is 0 Å². The van der Waals surface area contributed by atoms with Crippen LogP contribution in [0.25, 0.3) is 0 Å². The lowest BCUT2D eigenvalue weighted by Crippen LogP contribution is -2.14. The van der Waals surface area contributed by atoms with Crippen LogP contribution in [0.2, 0.25) is 0 Å². The first-order valence-electron chi connectivity index (χ1n) is 7.18. The van der Waals surface area contributed by atoms with E-state index >= 15 is 0 Å². The van der Waals surface area contributed by atoms with Gasteiger partial charge in [-0.3, -0.25) is 4.98 Å². The van der Waals surface area contributed by atoms with Crippen LogP contribution in [-0.4, -0.2) is 11.6 Å². The van der Waals surface area contributed by atoms with Gasteiger partial charge in [0.15, 0.2) is 0 Å². The molecule has 2 N–H and O–H groups in total. The summed E-state index contributed by atoms with van der Waals surface area (Å²) in [4.78, 5) is 4.23. The molecule has 1 heterocycles. The Balaban J connectivity index is 1.71. The molecule has 0 radical (unpaired) electrons. The molecule has 3 nitrogen and oxygen atoms in total. The van der Waals surface area contributed by atoms with E-state index < -0.39 is 0 Å². The highest BCUT2D eigenvalue weighted by atomic mass is 16.5. The molecular weight excluding hydrogens is 248 g/mol. The van der Waals surface area contributed by atoms with Crippen LogP contribution in [0.4, 0.5) is 0 Å². The van der Waals surface area contributed by atoms with Gasteiger partial charge in [0, 0.05) is 12.2 Å². The van der Waals surface area contributed by atoms with Gasteiger partial charge in [0.2, 0.25) is 0 Å². The third-order valence-corrected chi connectivity index (χ3v) is 3.96. The van der Waals surface area contributed by atoms with Crippen molar-refractivity contribution in [2.75, 3.05) is 6.61 Å². The summed E-state index contributed by atoms with van der Waals surface area (Å²) in [7, 11) is 0. The Morgan fingerprint density at radius 3 is 2.85 bits per heavy atom. The largest absolute Gasteiger partial charge is 0.492 e. The molecule has 1 aliphatic carbocycles. The van der Waals surface area contributed by atoms with Crippen molar-refractivity contribution < 1.29 is 4.74 Å². The molecule has 3 heteroatoms. The lowest BCUT2D eigenvalue weighted by atomic mass is 10.0. The lowest BCUT2D eigenvalue weighted by molar-refractivity contribution is 0.338. The Bertz CT molecular complexity index is 570. The molecule has 0 spiro atoms. The molecule has 1 fully saturated rings. The smallest absolute Gasteiger partial charge is 0.137 e. The van der Waals surface area contributed by atoms with E-state index in [4.69, 9.17) is 10.5 Å². The standard InChI is InChI=1S/C17H20N2O/c1-2-20-14-8-13(10-19-11-14)17(18)16-9-15(16)12-6-4-3-5-7-12/h3-8,10-11,15-17H,2,9,18H2,1H3. The van der Waals surface area contributed by atoms with Crippen molar-refractivity contribution in [1.29, 1.82) is 0 Å². The molecule has 1 aliphatic rings. The molecule has 0 aliphatic heterocycles. The van der Waals surface area contributed by atoms with E-state index in [0.29, 0.717) is 18.4 Å². The van der Waals surface area contributed by atoms with Crippen LogP contribution in [0.3, 0.4) is 0 Å². The summed E-state index contributed by atoms with van der Waals surface area (Å²) in [6, 6.07) is 12.7. The number of aromatic nitrogens is 1. The summed E-state index contributed by atoms with van der Waals surface area (Å²) in [6.45, 7) is 2.62. The Morgan fingerprint density at radius 1 is 1.30 bits per heavy atom. The van der Waals surface area contributed by atoms with Crippen LogP contribution >= 0.6 is 0 Å². The summed E-state index contributed by atoms with van der Waals surface area (Å²) in [5.41, 5.74) is 8.86. The fourth-order valence-corrected chi connectivity index (χ4v) is 2.81. The van der Waals surface area contributed by atoms with E-state index in [1.165, 1.54) is 5.56 Å². The van der Waals surface area contributed by atoms with Gasteiger partial charge in [-0.05, 0) is 42.4 Å². The predicted octanol–water partition coefficient (Wildman–Crippen LogP) is 3.28. The fourth-order valence-electron chi connectivity index (χ4n) is 2.81. The molecule has 3 atom stereocenters. The average Bonchev–Trinajstić information content (AvgIpc) is 3.29. The highest BCUT2D eigenvalue weighted by Gasteiger charge is 2.42. The maximum absolute atomic E-state index is 6.40. The van der Waals surface area contributed by atoms with E-state index in [1.54, 1.807) is 6.20 Å². The summed E-state index contributed by atoms with van der Waals surface area (Å²) in [6.07, 6.45) is 4.75. The molecule has 0 amide bonds. The number of nitrogens with two attached hydrogens (primary N) is 1. The van der Waals surface area contributed by atoms with E-state index in [9.17, 15) is 0 Å². The normalized spacial score (nSPS) is 22.3. The third kappa shape index (κ3) is 2.68. The zero-order valence-corrected chi connectivity index (χ0v) is 11.7. The first-order valence-corrected chi connectivity index (χ1v) is 7.18. The minimum Gasteiger partial charge on any atom is -0.492 e. The first kappa shape index (κ1) is 13.1. The van der Waals surface area contributed by atoms with Gasteiger partial charge < -0.3 is 10.5 Å². The molecule has 2 aromatic rings. The molecule has 104 valence electrons. The molecule has 3 rings (SSSR count). The molecule has 3 unspecified atom stereocenters. The molecular formula is C17H20N2O. The Hall–Kier alpha value is -1.87. The van der Waals surface area contributed by atoms with E-state index in [2.05, 4.69) is 35.3 Å². The first-order chi connectivity index (χ1) is 9.79. The average molecular weight is 268 g/mol. The Morgan fingerprint density at radius 2 is 2.10 bits per heavy atom. The predicted molar refractivity (Wildman–Crippen MR) is 79.6 cm³/mol. The SMILES string of the molecule is CCOc1cncc(C(N)C2CC2c2ccccc2)c1. The minimum atomic E-state index is 0.0353. The van der Waals surface area contributed by atoms with E-state index in [-0.39, 0.29) is 6.04 Å². The van der Waals surface area contributed by atoms with Crippen LogP contribution in [0.15, 0.2) is 48.8 Å². The number of rotatable bonds is 5. The zero-order chi connectivity index (χ0) is 13.9. The van der Waals surface area contributed by atoms with Crippen molar-refractivity contribution in [2.45, 2.75) is 25.3 Å². The van der Waals surface area contributed by atoms with Crippen molar-refractivity contribution in [2.24, 2.45) is 11.7 Å². The highest BCUT2D eigenvalue weighted by Crippen LogP contribution is 2.53.